The molecule has 0 aliphatic rings. The van der Waals surface area contributed by atoms with E-state index in [0.717, 1.165) is 5.56 Å². The second-order valence-corrected chi connectivity index (χ2v) is 5.77. The molecule has 1 aromatic heterocycles. The lowest BCUT2D eigenvalue weighted by molar-refractivity contribution is -0.142. The van der Waals surface area contributed by atoms with E-state index in [4.69, 9.17) is 4.74 Å². The van der Waals surface area contributed by atoms with Crippen molar-refractivity contribution in [1.29, 1.82) is 0 Å². The van der Waals surface area contributed by atoms with Crippen molar-refractivity contribution < 1.29 is 9.53 Å². The van der Waals surface area contributed by atoms with Gasteiger partial charge in [0, 0.05) is 17.7 Å². The maximum Gasteiger partial charge on any atom is 0.310 e. The molecule has 1 aromatic carbocycles. The van der Waals surface area contributed by atoms with E-state index in [1.165, 1.54) is 4.68 Å². The van der Waals surface area contributed by atoms with Crippen LogP contribution in [0.5, 0.6) is 0 Å². The van der Waals surface area contributed by atoms with Gasteiger partial charge in [-0.15, -0.1) is 0 Å². The van der Waals surface area contributed by atoms with Gasteiger partial charge in [0.25, 0.3) is 5.56 Å². The fraction of sp³-hybridized carbons (Fsp3) is 0.389. The molecule has 0 atom stereocenters. The van der Waals surface area contributed by atoms with E-state index in [2.05, 4.69) is 5.10 Å². The Morgan fingerprint density at radius 2 is 1.96 bits per heavy atom. The van der Waals surface area contributed by atoms with Gasteiger partial charge in [0.15, 0.2) is 0 Å². The van der Waals surface area contributed by atoms with Crippen LogP contribution in [-0.2, 0) is 22.5 Å². The molecule has 0 radical (unpaired) electrons. The van der Waals surface area contributed by atoms with Crippen LogP contribution in [0, 0.1) is 5.92 Å². The normalized spacial score (nSPS) is 10.8. The number of hydrogen-bond acceptors (Lipinski definition) is 4. The minimum atomic E-state index is -0.399. The first-order valence-electron chi connectivity index (χ1n) is 7.83. The van der Waals surface area contributed by atoms with E-state index in [1.54, 1.807) is 13.1 Å². The maximum absolute atomic E-state index is 12.7. The Morgan fingerprint density at radius 3 is 2.57 bits per heavy atom. The van der Waals surface area contributed by atoms with Crippen molar-refractivity contribution in [2.24, 2.45) is 5.92 Å². The predicted molar refractivity (Wildman–Crippen MR) is 89.1 cm³/mol. The average Bonchev–Trinajstić information content (AvgIpc) is 2.52. The van der Waals surface area contributed by atoms with E-state index in [1.807, 2.05) is 44.2 Å². The highest BCUT2D eigenvalue weighted by Gasteiger charge is 2.17. The lowest BCUT2D eigenvalue weighted by Crippen LogP contribution is -2.30. The van der Waals surface area contributed by atoms with Crippen LogP contribution >= 0.6 is 0 Å². The number of rotatable bonds is 6. The van der Waals surface area contributed by atoms with Crippen molar-refractivity contribution in [1.82, 2.24) is 9.78 Å². The van der Waals surface area contributed by atoms with Gasteiger partial charge >= 0.3 is 5.97 Å². The van der Waals surface area contributed by atoms with Crippen LogP contribution in [0.15, 0.2) is 41.3 Å². The van der Waals surface area contributed by atoms with Gasteiger partial charge in [-0.2, -0.15) is 5.10 Å². The Morgan fingerprint density at radius 1 is 1.26 bits per heavy atom. The Labute approximate surface area is 135 Å². The number of carbonyl (C=O) groups is 1. The smallest absolute Gasteiger partial charge is 0.310 e. The van der Waals surface area contributed by atoms with Gasteiger partial charge in [0.05, 0.1) is 19.2 Å². The second kappa shape index (κ2) is 7.72. The number of carbonyl (C=O) groups excluding carboxylic acids is 1. The summed E-state index contributed by atoms with van der Waals surface area (Å²) < 4.78 is 6.43. The van der Waals surface area contributed by atoms with Crippen molar-refractivity contribution in [3.05, 3.63) is 52.4 Å². The molecular formula is C18H22N2O3. The average molecular weight is 314 g/mol. The molecule has 23 heavy (non-hydrogen) atoms. The third kappa shape index (κ3) is 4.28. The van der Waals surface area contributed by atoms with Crippen LogP contribution in [-0.4, -0.2) is 22.4 Å². The Bertz CT molecular complexity index is 721. The van der Waals surface area contributed by atoms with Crippen molar-refractivity contribution >= 4 is 5.97 Å². The monoisotopic (exact) mass is 314 g/mol. The van der Waals surface area contributed by atoms with Gasteiger partial charge in [0.1, 0.15) is 0 Å². The van der Waals surface area contributed by atoms with Gasteiger partial charge in [-0.05, 0) is 18.4 Å². The molecule has 0 saturated heterocycles. The largest absolute Gasteiger partial charge is 0.466 e. The molecule has 0 N–H and O–H groups in total. The van der Waals surface area contributed by atoms with E-state index >= 15 is 0 Å². The second-order valence-electron chi connectivity index (χ2n) is 5.77. The van der Waals surface area contributed by atoms with Gasteiger partial charge in [-0.3, -0.25) is 9.59 Å². The number of esters is 1. The van der Waals surface area contributed by atoms with Crippen molar-refractivity contribution in [3.8, 4) is 11.1 Å². The van der Waals surface area contributed by atoms with E-state index in [0.29, 0.717) is 30.2 Å². The number of benzene rings is 1. The Kier molecular flexibility index (Phi) is 5.68. The van der Waals surface area contributed by atoms with Crippen LogP contribution in [0.1, 0.15) is 26.3 Å². The highest BCUT2D eigenvalue weighted by Crippen LogP contribution is 2.21. The topological polar surface area (TPSA) is 61.2 Å². The molecule has 122 valence electrons. The first-order valence-corrected chi connectivity index (χ1v) is 7.83. The molecule has 0 saturated carbocycles. The molecule has 0 fully saturated rings. The summed E-state index contributed by atoms with van der Waals surface area (Å²) in [6, 6.07) is 9.49. The highest BCUT2D eigenvalue weighted by atomic mass is 16.5. The minimum Gasteiger partial charge on any atom is -0.466 e. The van der Waals surface area contributed by atoms with E-state index < -0.39 is 5.97 Å². The first-order chi connectivity index (χ1) is 11.0. The lowest BCUT2D eigenvalue weighted by atomic mass is 10.0. The third-order valence-corrected chi connectivity index (χ3v) is 3.39. The zero-order valence-electron chi connectivity index (χ0n) is 13.8. The molecule has 0 aliphatic carbocycles. The van der Waals surface area contributed by atoms with Gasteiger partial charge in [-0.1, -0.05) is 44.2 Å². The molecule has 0 amide bonds. The number of hydrogen-bond donors (Lipinski definition) is 0. The van der Waals surface area contributed by atoms with Gasteiger partial charge < -0.3 is 4.74 Å². The SMILES string of the molecule is CCOC(=O)Cc1c(-c2ccccc2)cnn(CC(C)C)c1=O. The fourth-order valence-electron chi connectivity index (χ4n) is 2.40. The van der Waals surface area contributed by atoms with E-state index in [-0.39, 0.29) is 12.0 Å². The van der Waals surface area contributed by atoms with Crippen LogP contribution in [0.25, 0.3) is 11.1 Å². The molecule has 0 bridgehead atoms. The summed E-state index contributed by atoms with van der Waals surface area (Å²) >= 11 is 0. The van der Waals surface area contributed by atoms with Crippen molar-refractivity contribution in [2.45, 2.75) is 33.7 Å². The van der Waals surface area contributed by atoms with Crippen LogP contribution in [0.2, 0.25) is 0 Å². The number of nitrogens with zero attached hydrogens (tertiary/aromatic N) is 2. The van der Waals surface area contributed by atoms with Gasteiger partial charge in [0.2, 0.25) is 0 Å². The minimum absolute atomic E-state index is 0.0441. The zero-order valence-corrected chi connectivity index (χ0v) is 13.8. The molecule has 2 rings (SSSR count). The van der Waals surface area contributed by atoms with Crippen molar-refractivity contribution in [2.75, 3.05) is 6.61 Å². The molecule has 0 unspecified atom stereocenters. The molecule has 0 spiro atoms. The quantitative estimate of drug-likeness (QED) is 0.769. The van der Waals surface area contributed by atoms with E-state index in [9.17, 15) is 9.59 Å². The van der Waals surface area contributed by atoms with Gasteiger partial charge in [-0.25, -0.2) is 4.68 Å². The predicted octanol–water partition coefficient (Wildman–Crippen LogP) is 2.67. The molecule has 1 heterocycles. The molecular weight excluding hydrogens is 292 g/mol. The van der Waals surface area contributed by atoms with Crippen molar-refractivity contribution in [3.63, 3.8) is 0 Å². The number of ether oxygens (including phenoxy) is 1. The molecule has 0 aliphatic heterocycles. The lowest BCUT2D eigenvalue weighted by Gasteiger charge is -2.13. The summed E-state index contributed by atoms with van der Waals surface area (Å²) in [4.78, 5) is 24.6. The van der Waals surface area contributed by atoms with Crippen LogP contribution in [0.3, 0.4) is 0 Å². The standard InChI is InChI=1S/C18H22N2O3/c1-4-23-17(21)10-15-16(14-8-6-5-7-9-14)11-19-20(18(15)22)12-13(2)3/h5-9,11,13H,4,10,12H2,1-3H3. The molecule has 2 aromatic rings. The summed E-state index contributed by atoms with van der Waals surface area (Å²) in [5.41, 5.74) is 1.76. The summed E-state index contributed by atoms with van der Waals surface area (Å²) in [5.74, 6) is -0.109. The molecule has 5 nitrogen and oxygen atoms in total. The zero-order chi connectivity index (χ0) is 16.8. The third-order valence-electron chi connectivity index (χ3n) is 3.39. The van der Waals surface area contributed by atoms with Crippen LogP contribution in [0.4, 0.5) is 0 Å². The maximum atomic E-state index is 12.7. The summed E-state index contributed by atoms with van der Waals surface area (Å²) in [7, 11) is 0. The molecule has 5 heteroatoms. The van der Waals surface area contributed by atoms with Crippen LogP contribution < -0.4 is 5.56 Å². The summed E-state index contributed by atoms with van der Waals surface area (Å²) in [6.45, 7) is 6.60. The summed E-state index contributed by atoms with van der Waals surface area (Å²) in [6.07, 6.45) is 1.62. The Balaban J connectivity index is 2.51. The first kappa shape index (κ1) is 16.9. The highest BCUT2D eigenvalue weighted by molar-refractivity contribution is 5.77. The fourth-order valence-corrected chi connectivity index (χ4v) is 2.40. The number of aromatic nitrogens is 2. The Hall–Kier alpha value is -2.43. The summed E-state index contributed by atoms with van der Waals surface area (Å²) in [5, 5.41) is 4.26.